The van der Waals surface area contributed by atoms with E-state index in [1.807, 2.05) is 0 Å². The van der Waals surface area contributed by atoms with Gasteiger partial charge in [-0.15, -0.1) is 0 Å². The van der Waals surface area contributed by atoms with Crippen LogP contribution in [-0.2, 0) is 10.0 Å². The maximum atomic E-state index is 14.0. The quantitative estimate of drug-likeness (QED) is 0.529. The molecule has 0 spiro atoms. The third-order valence-corrected chi connectivity index (χ3v) is 7.57. The van der Waals surface area contributed by atoms with Crippen LogP contribution in [-0.4, -0.2) is 42.6 Å². The van der Waals surface area contributed by atoms with Crippen LogP contribution in [0.5, 0.6) is 0 Å². The van der Waals surface area contributed by atoms with Gasteiger partial charge in [0.05, 0.1) is 16.3 Å². The third kappa shape index (κ3) is 5.90. The second-order valence-corrected chi connectivity index (χ2v) is 10.1. The van der Waals surface area contributed by atoms with Crippen LogP contribution < -0.4 is 10.6 Å². The molecule has 3 aromatic rings. The molecule has 2 N–H and O–H groups in total. The van der Waals surface area contributed by atoms with Gasteiger partial charge in [-0.3, -0.25) is 14.6 Å². The van der Waals surface area contributed by atoms with Crippen LogP contribution in [0.15, 0.2) is 71.8 Å². The maximum Gasteiger partial charge on any atom is 0.274 e. The van der Waals surface area contributed by atoms with Crippen molar-refractivity contribution in [3.05, 3.63) is 83.9 Å². The van der Waals surface area contributed by atoms with E-state index in [0.717, 1.165) is 37.8 Å². The summed E-state index contributed by atoms with van der Waals surface area (Å²) in [4.78, 5) is 29.5. The minimum absolute atomic E-state index is 0.0231. The summed E-state index contributed by atoms with van der Waals surface area (Å²) in [6.07, 6.45) is 5.04. The van der Waals surface area contributed by atoms with Gasteiger partial charge < -0.3 is 10.6 Å². The lowest BCUT2D eigenvalue weighted by molar-refractivity contribution is 0.101. The number of rotatable bonds is 6. The molecule has 8 nitrogen and oxygen atoms in total. The van der Waals surface area contributed by atoms with Crippen molar-refractivity contribution in [2.24, 2.45) is 0 Å². The Morgan fingerprint density at radius 3 is 2.29 bits per heavy atom. The van der Waals surface area contributed by atoms with Gasteiger partial charge in [0.2, 0.25) is 10.0 Å². The van der Waals surface area contributed by atoms with Crippen molar-refractivity contribution in [3.63, 3.8) is 0 Å². The first-order valence-electron chi connectivity index (χ1n) is 11.3. The van der Waals surface area contributed by atoms with E-state index in [9.17, 15) is 22.4 Å². The van der Waals surface area contributed by atoms with E-state index in [1.165, 1.54) is 46.9 Å². The summed E-state index contributed by atoms with van der Waals surface area (Å²) < 4.78 is 41.7. The number of nitrogens with zero attached hydrogens (tertiary/aromatic N) is 2. The number of aromatic nitrogens is 1. The fraction of sp³-hybridized carbons (Fsp3) is 0.240. The van der Waals surface area contributed by atoms with Gasteiger partial charge in [0.15, 0.2) is 0 Å². The monoisotopic (exact) mass is 496 g/mol. The predicted molar refractivity (Wildman–Crippen MR) is 130 cm³/mol. The van der Waals surface area contributed by atoms with E-state index in [4.69, 9.17) is 0 Å². The maximum absolute atomic E-state index is 14.0. The summed E-state index contributed by atoms with van der Waals surface area (Å²) in [7, 11) is -3.75. The van der Waals surface area contributed by atoms with Gasteiger partial charge in [0.25, 0.3) is 11.8 Å². The van der Waals surface area contributed by atoms with Crippen molar-refractivity contribution < 1.29 is 22.4 Å². The normalized spacial score (nSPS) is 14.7. The number of carbonyl (C=O) groups excluding carboxylic acids is 2. The first-order chi connectivity index (χ1) is 16.8. The molecule has 4 rings (SSSR count). The van der Waals surface area contributed by atoms with Gasteiger partial charge in [0.1, 0.15) is 11.5 Å². The largest absolute Gasteiger partial charge is 0.320 e. The number of pyridine rings is 1. The van der Waals surface area contributed by atoms with Crippen LogP contribution in [0.3, 0.4) is 0 Å². The molecule has 1 aliphatic heterocycles. The van der Waals surface area contributed by atoms with Gasteiger partial charge in [-0.2, -0.15) is 4.31 Å². The molecule has 1 aliphatic rings. The Labute approximate surface area is 203 Å². The Balaban J connectivity index is 1.55. The first kappa shape index (κ1) is 24.5. The number of halogens is 1. The number of hydrogen-bond donors (Lipinski definition) is 2. The van der Waals surface area contributed by atoms with Gasteiger partial charge in [0, 0.05) is 24.8 Å². The summed E-state index contributed by atoms with van der Waals surface area (Å²) >= 11 is 0. The highest BCUT2D eigenvalue weighted by molar-refractivity contribution is 7.89. The molecule has 1 saturated heterocycles. The molecule has 0 radical (unpaired) electrons. The van der Waals surface area contributed by atoms with Gasteiger partial charge in [-0.1, -0.05) is 25.0 Å². The summed E-state index contributed by atoms with van der Waals surface area (Å²) in [5, 5.41) is 5.18. The van der Waals surface area contributed by atoms with E-state index < -0.39 is 27.7 Å². The lowest BCUT2D eigenvalue weighted by Gasteiger charge is -2.20. The van der Waals surface area contributed by atoms with Crippen LogP contribution in [0.4, 0.5) is 15.8 Å². The SMILES string of the molecule is O=C(Nc1cc(F)ccc1NC(=O)c1ccccn1)c1cccc(S(=O)(=O)N2CCCCCC2)c1. The Hall–Kier alpha value is -3.63. The molecular formula is C25H25FN4O4S. The zero-order valence-electron chi connectivity index (χ0n) is 18.9. The summed E-state index contributed by atoms with van der Waals surface area (Å²) in [5.41, 5.74) is 0.441. The van der Waals surface area contributed by atoms with Crippen molar-refractivity contribution in [1.82, 2.24) is 9.29 Å². The molecule has 1 aromatic heterocycles. The average Bonchev–Trinajstić information content (AvgIpc) is 3.16. The van der Waals surface area contributed by atoms with Crippen molar-refractivity contribution in [1.29, 1.82) is 0 Å². The van der Waals surface area contributed by atoms with Crippen LogP contribution in [0, 0.1) is 5.82 Å². The second kappa shape index (κ2) is 10.7. The van der Waals surface area contributed by atoms with Crippen LogP contribution in [0.25, 0.3) is 0 Å². The number of carbonyl (C=O) groups is 2. The number of nitrogens with one attached hydrogen (secondary N) is 2. The Kier molecular flexibility index (Phi) is 7.52. The van der Waals surface area contributed by atoms with E-state index >= 15 is 0 Å². The predicted octanol–water partition coefficient (Wildman–Crippen LogP) is 4.29. The van der Waals surface area contributed by atoms with Gasteiger partial charge in [-0.05, 0) is 61.4 Å². The first-order valence-corrected chi connectivity index (χ1v) is 12.7. The molecular weight excluding hydrogens is 471 g/mol. The fourth-order valence-electron chi connectivity index (χ4n) is 3.84. The number of hydrogen-bond acceptors (Lipinski definition) is 5. The van der Waals surface area contributed by atoms with Crippen LogP contribution in [0.2, 0.25) is 0 Å². The van der Waals surface area contributed by atoms with E-state index in [-0.39, 0.29) is 27.5 Å². The molecule has 2 aromatic carbocycles. The van der Waals surface area contributed by atoms with Crippen LogP contribution in [0.1, 0.15) is 46.5 Å². The molecule has 1 fully saturated rings. The smallest absolute Gasteiger partial charge is 0.274 e. The van der Waals surface area contributed by atoms with Crippen molar-refractivity contribution in [3.8, 4) is 0 Å². The van der Waals surface area contributed by atoms with Crippen molar-refractivity contribution >= 4 is 33.2 Å². The van der Waals surface area contributed by atoms with Gasteiger partial charge in [-0.25, -0.2) is 12.8 Å². The Bertz CT molecular complexity index is 1320. The van der Waals surface area contributed by atoms with E-state index in [0.29, 0.717) is 13.1 Å². The number of amides is 2. The molecule has 0 bridgehead atoms. The number of anilines is 2. The minimum atomic E-state index is -3.75. The Morgan fingerprint density at radius 1 is 0.829 bits per heavy atom. The fourth-order valence-corrected chi connectivity index (χ4v) is 5.40. The molecule has 35 heavy (non-hydrogen) atoms. The van der Waals surface area contributed by atoms with Crippen molar-refractivity contribution in [2.75, 3.05) is 23.7 Å². The zero-order valence-corrected chi connectivity index (χ0v) is 19.7. The molecule has 182 valence electrons. The van der Waals surface area contributed by atoms with E-state index in [1.54, 1.807) is 12.1 Å². The highest BCUT2D eigenvalue weighted by Crippen LogP contribution is 2.25. The topological polar surface area (TPSA) is 108 Å². The number of benzene rings is 2. The van der Waals surface area contributed by atoms with E-state index in [2.05, 4.69) is 15.6 Å². The zero-order chi connectivity index (χ0) is 24.8. The lowest BCUT2D eigenvalue weighted by Crippen LogP contribution is -2.32. The second-order valence-electron chi connectivity index (χ2n) is 8.16. The average molecular weight is 497 g/mol. The summed E-state index contributed by atoms with van der Waals surface area (Å²) in [6.45, 7) is 0.892. The van der Waals surface area contributed by atoms with Gasteiger partial charge >= 0.3 is 0 Å². The highest BCUT2D eigenvalue weighted by atomic mass is 32.2. The lowest BCUT2D eigenvalue weighted by atomic mass is 10.2. The molecule has 2 amide bonds. The molecule has 0 atom stereocenters. The highest BCUT2D eigenvalue weighted by Gasteiger charge is 2.26. The number of sulfonamides is 1. The third-order valence-electron chi connectivity index (χ3n) is 5.67. The molecule has 2 heterocycles. The summed E-state index contributed by atoms with van der Waals surface area (Å²) in [5.74, 6) is -1.79. The summed E-state index contributed by atoms with van der Waals surface area (Å²) in [6, 6.07) is 14.1. The van der Waals surface area contributed by atoms with Crippen LogP contribution >= 0.6 is 0 Å². The minimum Gasteiger partial charge on any atom is -0.320 e. The molecule has 0 unspecified atom stereocenters. The molecule has 10 heteroatoms. The standard InChI is InChI=1S/C25H25FN4O4S/c26-19-11-12-21(28-25(32)22-10-3-4-13-27-22)23(17-19)29-24(31)18-8-7-9-20(16-18)35(33,34)30-14-5-1-2-6-15-30/h3-4,7-13,16-17H,1-2,5-6,14-15H2,(H,28,32)(H,29,31). The van der Waals surface area contributed by atoms with Crippen molar-refractivity contribution in [2.45, 2.75) is 30.6 Å². The molecule has 0 aliphatic carbocycles. The Morgan fingerprint density at radius 2 is 1.57 bits per heavy atom. The molecule has 0 saturated carbocycles.